The molecule has 0 aromatic heterocycles. The fourth-order valence-electron chi connectivity index (χ4n) is 3.59. The zero-order valence-corrected chi connectivity index (χ0v) is 15.0. The van der Waals surface area contributed by atoms with Gasteiger partial charge in [0.1, 0.15) is 0 Å². The summed E-state index contributed by atoms with van der Waals surface area (Å²) in [5, 5.41) is 2.56. The SMILES string of the molecule is C/C=C(\c1ccc2ccccc2c1)c1ccccc1Cc1ccccc1. The Kier molecular flexibility index (Phi) is 4.66. The fourth-order valence-corrected chi connectivity index (χ4v) is 3.59. The first-order valence-corrected chi connectivity index (χ1v) is 9.13. The minimum absolute atomic E-state index is 0.946. The number of allylic oxidation sites excluding steroid dienone is 1. The van der Waals surface area contributed by atoms with Crippen molar-refractivity contribution in [1.82, 2.24) is 0 Å². The van der Waals surface area contributed by atoms with Crippen LogP contribution in [-0.4, -0.2) is 0 Å². The van der Waals surface area contributed by atoms with Gasteiger partial charge >= 0.3 is 0 Å². The smallest absolute Gasteiger partial charge is 0.00196 e. The molecule has 0 aliphatic heterocycles. The average molecular weight is 334 g/mol. The van der Waals surface area contributed by atoms with Crippen LogP contribution in [-0.2, 0) is 6.42 Å². The molecule has 0 aliphatic carbocycles. The Morgan fingerprint density at radius 3 is 2.19 bits per heavy atom. The largest absolute Gasteiger partial charge is 0.0792 e. The summed E-state index contributed by atoms with van der Waals surface area (Å²) in [6, 6.07) is 34.7. The first-order valence-electron chi connectivity index (χ1n) is 9.13. The van der Waals surface area contributed by atoms with Crippen LogP contribution < -0.4 is 0 Å². The van der Waals surface area contributed by atoms with Crippen LogP contribution in [0.15, 0.2) is 103 Å². The molecule has 4 aromatic rings. The normalized spacial score (nSPS) is 11.7. The van der Waals surface area contributed by atoms with E-state index in [1.54, 1.807) is 0 Å². The van der Waals surface area contributed by atoms with Crippen LogP contribution in [0.25, 0.3) is 16.3 Å². The van der Waals surface area contributed by atoms with Crippen molar-refractivity contribution in [3.63, 3.8) is 0 Å². The van der Waals surface area contributed by atoms with Gasteiger partial charge in [0, 0.05) is 0 Å². The molecule has 0 saturated heterocycles. The molecule has 0 N–H and O–H groups in total. The number of hydrogen-bond acceptors (Lipinski definition) is 0. The third-order valence-corrected chi connectivity index (χ3v) is 4.89. The van der Waals surface area contributed by atoms with Crippen LogP contribution in [0.2, 0.25) is 0 Å². The van der Waals surface area contributed by atoms with Gasteiger partial charge in [-0.3, -0.25) is 0 Å². The topological polar surface area (TPSA) is 0 Å². The van der Waals surface area contributed by atoms with E-state index in [0.717, 1.165) is 6.42 Å². The monoisotopic (exact) mass is 334 g/mol. The molecule has 4 rings (SSSR count). The van der Waals surface area contributed by atoms with Crippen LogP contribution in [0, 0.1) is 0 Å². The third kappa shape index (κ3) is 3.32. The van der Waals surface area contributed by atoms with E-state index in [0.29, 0.717) is 0 Å². The summed E-state index contributed by atoms with van der Waals surface area (Å²) in [7, 11) is 0. The quantitative estimate of drug-likeness (QED) is 0.381. The Labute approximate surface area is 155 Å². The predicted octanol–water partition coefficient (Wildman–Crippen LogP) is 6.88. The van der Waals surface area contributed by atoms with Crippen LogP contribution in [0.1, 0.15) is 29.2 Å². The first kappa shape index (κ1) is 16.4. The fraction of sp³-hybridized carbons (Fsp3) is 0.0769. The van der Waals surface area contributed by atoms with Crippen molar-refractivity contribution < 1.29 is 0 Å². The molecule has 0 spiro atoms. The highest BCUT2D eigenvalue weighted by molar-refractivity contribution is 5.90. The predicted molar refractivity (Wildman–Crippen MR) is 112 cm³/mol. The van der Waals surface area contributed by atoms with Crippen LogP contribution in [0.3, 0.4) is 0 Å². The molecule has 0 amide bonds. The van der Waals surface area contributed by atoms with Crippen molar-refractivity contribution in [3.8, 4) is 0 Å². The van der Waals surface area contributed by atoms with Gasteiger partial charge in [-0.05, 0) is 58.0 Å². The Morgan fingerprint density at radius 1 is 0.692 bits per heavy atom. The molecule has 0 heterocycles. The molecule has 4 aromatic carbocycles. The molecule has 26 heavy (non-hydrogen) atoms. The lowest BCUT2D eigenvalue weighted by Gasteiger charge is -2.14. The van der Waals surface area contributed by atoms with E-state index < -0.39 is 0 Å². The first-order chi connectivity index (χ1) is 12.8. The van der Waals surface area contributed by atoms with Crippen LogP contribution in [0.4, 0.5) is 0 Å². The van der Waals surface area contributed by atoms with Crippen molar-refractivity contribution in [2.24, 2.45) is 0 Å². The van der Waals surface area contributed by atoms with Gasteiger partial charge in [-0.2, -0.15) is 0 Å². The lowest BCUT2D eigenvalue weighted by Crippen LogP contribution is -1.97. The summed E-state index contributed by atoms with van der Waals surface area (Å²) in [4.78, 5) is 0. The lowest BCUT2D eigenvalue weighted by molar-refractivity contribution is 1.18. The van der Waals surface area contributed by atoms with E-state index in [1.165, 1.54) is 38.6 Å². The minimum atomic E-state index is 0.946. The van der Waals surface area contributed by atoms with Gasteiger partial charge in [0.2, 0.25) is 0 Å². The van der Waals surface area contributed by atoms with Crippen molar-refractivity contribution in [2.75, 3.05) is 0 Å². The van der Waals surface area contributed by atoms with E-state index in [1.807, 2.05) is 0 Å². The second-order valence-corrected chi connectivity index (χ2v) is 6.58. The molecule has 0 atom stereocenters. The van der Waals surface area contributed by atoms with Crippen molar-refractivity contribution in [1.29, 1.82) is 0 Å². The molecule has 0 aliphatic rings. The zero-order valence-electron chi connectivity index (χ0n) is 15.0. The second kappa shape index (κ2) is 7.41. The van der Waals surface area contributed by atoms with Crippen molar-refractivity contribution in [2.45, 2.75) is 13.3 Å². The molecule has 0 heteroatoms. The van der Waals surface area contributed by atoms with Crippen molar-refractivity contribution >= 4 is 16.3 Å². The van der Waals surface area contributed by atoms with E-state index in [-0.39, 0.29) is 0 Å². The summed E-state index contributed by atoms with van der Waals surface area (Å²) in [5.41, 5.74) is 6.58. The molecular weight excluding hydrogens is 312 g/mol. The van der Waals surface area contributed by atoms with Crippen LogP contribution in [0.5, 0.6) is 0 Å². The summed E-state index contributed by atoms with van der Waals surface area (Å²) >= 11 is 0. The van der Waals surface area contributed by atoms with E-state index >= 15 is 0 Å². The van der Waals surface area contributed by atoms with Gasteiger partial charge in [-0.1, -0.05) is 97.1 Å². The van der Waals surface area contributed by atoms with Crippen molar-refractivity contribution in [3.05, 3.63) is 125 Å². The molecule has 0 radical (unpaired) electrons. The molecule has 0 unspecified atom stereocenters. The number of rotatable bonds is 4. The molecule has 0 bridgehead atoms. The highest BCUT2D eigenvalue weighted by Gasteiger charge is 2.10. The maximum Gasteiger partial charge on any atom is -0.00196 e. The number of benzene rings is 4. The van der Waals surface area contributed by atoms with Gasteiger partial charge in [0.15, 0.2) is 0 Å². The average Bonchev–Trinajstić information content (AvgIpc) is 2.70. The third-order valence-electron chi connectivity index (χ3n) is 4.89. The summed E-state index contributed by atoms with van der Waals surface area (Å²) in [6.07, 6.45) is 3.18. The van der Waals surface area contributed by atoms with Gasteiger partial charge in [0.25, 0.3) is 0 Å². The molecule has 0 saturated carbocycles. The Hall–Kier alpha value is -3.12. The maximum atomic E-state index is 2.30. The maximum absolute atomic E-state index is 2.30. The molecule has 126 valence electrons. The van der Waals surface area contributed by atoms with E-state index in [2.05, 4.69) is 110 Å². The molecular formula is C26H22. The Morgan fingerprint density at radius 2 is 1.38 bits per heavy atom. The summed E-state index contributed by atoms with van der Waals surface area (Å²) < 4.78 is 0. The summed E-state index contributed by atoms with van der Waals surface area (Å²) in [5.74, 6) is 0. The Bertz CT molecular complexity index is 1060. The highest BCUT2D eigenvalue weighted by Crippen LogP contribution is 2.30. The van der Waals surface area contributed by atoms with Gasteiger partial charge in [0.05, 0.1) is 0 Å². The number of fused-ring (bicyclic) bond motifs is 1. The van der Waals surface area contributed by atoms with E-state index in [9.17, 15) is 0 Å². The highest BCUT2D eigenvalue weighted by atomic mass is 14.1. The lowest BCUT2D eigenvalue weighted by atomic mass is 9.90. The van der Waals surface area contributed by atoms with Gasteiger partial charge < -0.3 is 0 Å². The standard InChI is InChI=1S/C26H22/c1-2-25(24-17-16-21-12-6-7-13-22(21)19-24)26-15-9-8-14-23(26)18-20-10-4-3-5-11-20/h2-17,19H,18H2,1H3/b25-2+. The molecule has 0 nitrogen and oxygen atoms in total. The molecule has 0 fully saturated rings. The van der Waals surface area contributed by atoms with Gasteiger partial charge in [-0.15, -0.1) is 0 Å². The minimum Gasteiger partial charge on any atom is -0.0792 e. The van der Waals surface area contributed by atoms with Crippen LogP contribution >= 0.6 is 0 Å². The van der Waals surface area contributed by atoms with E-state index in [4.69, 9.17) is 0 Å². The number of hydrogen-bond donors (Lipinski definition) is 0. The Balaban J connectivity index is 1.77. The zero-order chi connectivity index (χ0) is 17.8. The van der Waals surface area contributed by atoms with Gasteiger partial charge in [-0.25, -0.2) is 0 Å². The summed E-state index contributed by atoms with van der Waals surface area (Å²) in [6.45, 7) is 2.13. The second-order valence-electron chi connectivity index (χ2n) is 6.58.